The summed E-state index contributed by atoms with van der Waals surface area (Å²) >= 11 is 0. The summed E-state index contributed by atoms with van der Waals surface area (Å²) in [6.07, 6.45) is 1.91. The predicted octanol–water partition coefficient (Wildman–Crippen LogP) is 2.92. The van der Waals surface area contributed by atoms with Crippen LogP contribution in [0.2, 0.25) is 0 Å². The van der Waals surface area contributed by atoms with Crippen molar-refractivity contribution in [2.24, 2.45) is 11.0 Å². The van der Waals surface area contributed by atoms with E-state index in [1.165, 1.54) is 0 Å². The third-order valence-electron chi connectivity index (χ3n) is 4.46. The molecule has 27 heavy (non-hydrogen) atoms. The zero-order valence-corrected chi connectivity index (χ0v) is 14.8. The topological polar surface area (TPSA) is 89.0 Å². The molecule has 0 bridgehead atoms. The van der Waals surface area contributed by atoms with Crippen LogP contribution in [-0.4, -0.2) is 24.3 Å². The highest BCUT2D eigenvalue weighted by atomic mass is 16.7. The Morgan fingerprint density at radius 1 is 1.04 bits per heavy atom. The van der Waals surface area contributed by atoms with Crippen LogP contribution in [0.3, 0.4) is 0 Å². The summed E-state index contributed by atoms with van der Waals surface area (Å²) in [6.45, 7) is 1.95. The molecule has 0 aromatic heterocycles. The second-order valence-corrected chi connectivity index (χ2v) is 6.55. The van der Waals surface area contributed by atoms with Gasteiger partial charge < -0.3 is 14.8 Å². The van der Waals surface area contributed by atoms with Gasteiger partial charge in [0, 0.05) is 17.2 Å². The molecule has 1 saturated carbocycles. The molecule has 1 fully saturated rings. The Kier molecular flexibility index (Phi) is 4.50. The number of carbonyl (C=O) groups is 2. The lowest BCUT2D eigenvalue weighted by molar-refractivity contribution is -0.117. The molecule has 1 heterocycles. The van der Waals surface area contributed by atoms with E-state index in [4.69, 9.17) is 9.47 Å². The summed E-state index contributed by atoms with van der Waals surface area (Å²) in [4.78, 5) is 24.2. The van der Waals surface area contributed by atoms with Gasteiger partial charge in [-0.25, -0.2) is 5.43 Å². The third kappa shape index (κ3) is 3.92. The summed E-state index contributed by atoms with van der Waals surface area (Å²) in [6, 6.07) is 12.4. The van der Waals surface area contributed by atoms with E-state index in [1.807, 2.05) is 24.3 Å². The van der Waals surface area contributed by atoms with Crippen LogP contribution < -0.4 is 20.2 Å². The standard InChI is InChI=1S/C20H19N3O4/c1-12(14-3-2-4-16(9-14)21-19(24)13-5-6-13)22-23-20(25)15-7-8-17-18(10-15)27-11-26-17/h2-4,7-10,13H,5-6,11H2,1H3,(H,21,24)(H,23,25)/b22-12+. The van der Waals surface area contributed by atoms with Gasteiger partial charge in [-0.3, -0.25) is 9.59 Å². The fourth-order valence-electron chi connectivity index (χ4n) is 2.71. The summed E-state index contributed by atoms with van der Waals surface area (Å²) in [7, 11) is 0. The number of rotatable bonds is 5. The molecule has 0 radical (unpaired) electrons. The Bertz CT molecular complexity index is 935. The van der Waals surface area contributed by atoms with Crippen LogP contribution in [0.15, 0.2) is 47.6 Å². The lowest BCUT2D eigenvalue weighted by Gasteiger charge is -2.07. The van der Waals surface area contributed by atoms with Crippen molar-refractivity contribution in [3.63, 3.8) is 0 Å². The van der Waals surface area contributed by atoms with Gasteiger partial charge in [0.05, 0.1) is 5.71 Å². The molecule has 1 aliphatic carbocycles. The minimum atomic E-state index is -0.342. The van der Waals surface area contributed by atoms with Crippen LogP contribution in [0, 0.1) is 5.92 Å². The zero-order valence-electron chi connectivity index (χ0n) is 14.8. The highest BCUT2D eigenvalue weighted by Crippen LogP contribution is 2.32. The molecule has 2 aliphatic rings. The second kappa shape index (κ2) is 7.11. The van der Waals surface area contributed by atoms with Crippen LogP contribution in [0.5, 0.6) is 11.5 Å². The molecule has 1 aliphatic heterocycles. The second-order valence-electron chi connectivity index (χ2n) is 6.55. The van der Waals surface area contributed by atoms with Gasteiger partial charge in [0.15, 0.2) is 11.5 Å². The van der Waals surface area contributed by atoms with Crippen LogP contribution in [0.4, 0.5) is 5.69 Å². The largest absolute Gasteiger partial charge is 0.454 e. The fourth-order valence-corrected chi connectivity index (χ4v) is 2.71. The first-order chi connectivity index (χ1) is 13.1. The average Bonchev–Trinajstić information content (AvgIpc) is 3.43. The Morgan fingerprint density at radius 3 is 2.67 bits per heavy atom. The van der Waals surface area contributed by atoms with Gasteiger partial charge in [-0.1, -0.05) is 12.1 Å². The molecule has 0 spiro atoms. The maximum atomic E-state index is 12.3. The minimum absolute atomic E-state index is 0.0536. The van der Waals surface area contributed by atoms with Crippen molar-refractivity contribution in [2.75, 3.05) is 12.1 Å². The normalized spacial score (nSPS) is 15.4. The number of hydrazone groups is 1. The third-order valence-corrected chi connectivity index (χ3v) is 4.46. The monoisotopic (exact) mass is 365 g/mol. The molecular formula is C20H19N3O4. The highest BCUT2D eigenvalue weighted by molar-refractivity contribution is 6.02. The van der Waals surface area contributed by atoms with E-state index in [1.54, 1.807) is 25.1 Å². The van der Waals surface area contributed by atoms with Crippen LogP contribution >= 0.6 is 0 Å². The lowest BCUT2D eigenvalue weighted by Crippen LogP contribution is -2.19. The lowest BCUT2D eigenvalue weighted by atomic mass is 10.1. The van der Waals surface area contributed by atoms with Gasteiger partial charge >= 0.3 is 0 Å². The molecule has 4 rings (SSSR count). The molecule has 0 atom stereocenters. The Labute approximate surface area is 156 Å². The molecule has 138 valence electrons. The van der Waals surface area contributed by atoms with Crippen molar-refractivity contribution in [3.05, 3.63) is 53.6 Å². The van der Waals surface area contributed by atoms with Crippen molar-refractivity contribution in [1.82, 2.24) is 5.43 Å². The quantitative estimate of drug-likeness (QED) is 0.630. The Balaban J connectivity index is 1.42. The van der Waals surface area contributed by atoms with Gasteiger partial charge in [0.1, 0.15) is 0 Å². The molecule has 2 aromatic rings. The van der Waals surface area contributed by atoms with Crippen molar-refractivity contribution < 1.29 is 19.1 Å². The SMILES string of the molecule is C/C(=N\NC(=O)c1ccc2c(c1)OCO2)c1cccc(NC(=O)C2CC2)c1. The molecule has 2 amide bonds. The molecule has 7 heteroatoms. The van der Waals surface area contributed by atoms with E-state index >= 15 is 0 Å². The van der Waals surface area contributed by atoms with Gasteiger partial charge in [-0.2, -0.15) is 5.10 Å². The number of fused-ring (bicyclic) bond motifs is 1. The number of hydrogen-bond donors (Lipinski definition) is 2. The summed E-state index contributed by atoms with van der Waals surface area (Å²) < 4.78 is 10.5. The maximum Gasteiger partial charge on any atom is 0.271 e. The first-order valence-electron chi connectivity index (χ1n) is 8.76. The average molecular weight is 365 g/mol. The smallest absolute Gasteiger partial charge is 0.271 e. The summed E-state index contributed by atoms with van der Waals surface area (Å²) in [5, 5.41) is 7.07. The number of nitrogens with one attached hydrogen (secondary N) is 2. The molecule has 7 nitrogen and oxygen atoms in total. The zero-order chi connectivity index (χ0) is 18.8. The van der Waals surface area contributed by atoms with Crippen molar-refractivity contribution in [3.8, 4) is 11.5 Å². The Morgan fingerprint density at radius 2 is 1.85 bits per heavy atom. The predicted molar refractivity (Wildman–Crippen MR) is 100 cm³/mol. The van der Waals surface area contributed by atoms with Gasteiger partial charge in [-0.15, -0.1) is 0 Å². The Hall–Kier alpha value is -3.35. The van der Waals surface area contributed by atoms with E-state index in [-0.39, 0.29) is 24.5 Å². The minimum Gasteiger partial charge on any atom is -0.454 e. The van der Waals surface area contributed by atoms with Crippen molar-refractivity contribution in [2.45, 2.75) is 19.8 Å². The first-order valence-corrected chi connectivity index (χ1v) is 8.76. The van der Waals surface area contributed by atoms with Gasteiger partial charge in [0.25, 0.3) is 5.91 Å². The van der Waals surface area contributed by atoms with Gasteiger partial charge in [0.2, 0.25) is 12.7 Å². The number of benzene rings is 2. The number of ether oxygens (including phenoxy) is 2. The van der Waals surface area contributed by atoms with E-state index in [0.717, 1.165) is 24.1 Å². The van der Waals surface area contributed by atoms with Crippen LogP contribution in [0.1, 0.15) is 35.7 Å². The van der Waals surface area contributed by atoms with Crippen LogP contribution in [0.25, 0.3) is 0 Å². The van der Waals surface area contributed by atoms with E-state index < -0.39 is 0 Å². The first kappa shape index (κ1) is 17.1. The van der Waals surface area contributed by atoms with E-state index in [9.17, 15) is 9.59 Å². The number of hydrogen-bond acceptors (Lipinski definition) is 5. The summed E-state index contributed by atoms with van der Waals surface area (Å²) in [5.74, 6) is 1.02. The van der Waals surface area contributed by atoms with Gasteiger partial charge in [-0.05, 0) is 55.7 Å². The van der Waals surface area contributed by atoms with Crippen molar-refractivity contribution in [1.29, 1.82) is 0 Å². The molecule has 0 saturated heterocycles. The maximum absolute atomic E-state index is 12.3. The number of nitrogens with zero attached hydrogens (tertiary/aromatic N) is 1. The highest BCUT2D eigenvalue weighted by Gasteiger charge is 2.29. The fraction of sp³-hybridized carbons (Fsp3) is 0.250. The van der Waals surface area contributed by atoms with E-state index in [0.29, 0.717) is 22.8 Å². The van der Waals surface area contributed by atoms with E-state index in [2.05, 4.69) is 15.8 Å². The molecular weight excluding hydrogens is 346 g/mol. The summed E-state index contributed by atoms with van der Waals surface area (Å²) in [5.41, 5.74) is 5.14. The van der Waals surface area contributed by atoms with Crippen LogP contribution in [-0.2, 0) is 4.79 Å². The molecule has 0 unspecified atom stereocenters. The number of carbonyl (C=O) groups excluding carboxylic acids is 2. The number of amides is 2. The molecule has 2 aromatic carbocycles. The molecule has 2 N–H and O–H groups in total. The van der Waals surface area contributed by atoms with Crippen molar-refractivity contribution >= 4 is 23.2 Å². The number of anilines is 1.